The lowest BCUT2D eigenvalue weighted by molar-refractivity contribution is 0.102. The average molecular weight is 391 g/mol. The third-order valence-corrected chi connectivity index (χ3v) is 4.91. The van der Waals surface area contributed by atoms with Crippen LogP contribution in [0.15, 0.2) is 65.3 Å². The molecule has 4 aromatic rings. The van der Waals surface area contributed by atoms with Crippen molar-refractivity contribution < 1.29 is 13.6 Å². The molecule has 0 fully saturated rings. The second kappa shape index (κ2) is 8.32. The van der Waals surface area contributed by atoms with Gasteiger partial charge in [0.05, 0.1) is 12.8 Å². The van der Waals surface area contributed by atoms with Crippen LogP contribution in [0.4, 0.5) is 10.1 Å². The van der Waals surface area contributed by atoms with Crippen molar-refractivity contribution in [1.82, 2.24) is 10.3 Å². The number of rotatable bonds is 7. The zero-order chi connectivity index (χ0) is 20.2. The summed E-state index contributed by atoms with van der Waals surface area (Å²) in [6.07, 6.45) is 2.52. The van der Waals surface area contributed by atoms with Crippen LogP contribution in [0.2, 0.25) is 0 Å². The van der Waals surface area contributed by atoms with Crippen LogP contribution in [0.25, 0.3) is 10.9 Å². The molecular weight excluding hydrogens is 369 g/mol. The van der Waals surface area contributed by atoms with Gasteiger partial charge in [0.2, 0.25) is 0 Å². The normalized spacial score (nSPS) is 11.1. The second-order valence-electron chi connectivity index (χ2n) is 6.96. The molecule has 0 atom stereocenters. The van der Waals surface area contributed by atoms with E-state index in [4.69, 9.17) is 4.42 Å². The van der Waals surface area contributed by atoms with E-state index in [2.05, 4.69) is 22.5 Å². The Morgan fingerprint density at radius 2 is 1.97 bits per heavy atom. The van der Waals surface area contributed by atoms with Gasteiger partial charge in [-0.15, -0.1) is 0 Å². The number of fused-ring (bicyclic) bond motifs is 1. The maximum atomic E-state index is 13.1. The number of aryl methyl sites for hydroxylation is 1. The van der Waals surface area contributed by atoms with Gasteiger partial charge < -0.3 is 20.0 Å². The molecule has 0 spiro atoms. The van der Waals surface area contributed by atoms with Crippen molar-refractivity contribution in [2.24, 2.45) is 0 Å². The first-order chi connectivity index (χ1) is 14.1. The Morgan fingerprint density at radius 1 is 1.14 bits per heavy atom. The zero-order valence-corrected chi connectivity index (χ0v) is 16.1. The number of furan rings is 1. The molecule has 2 aromatic carbocycles. The third-order valence-electron chi connectivity index (χ3n) is 4.91. The molecule has 5 nitrogen and oxygen atoms in total. The van der Waals surface area contributed by atoms with Crippen LogP contribution in [0.1, 0.15) is 27.4 Å². The fourth-order valence-corrected chi connectivity index (χ4v) is 3.42. The summed E-state index contributed by atoms with van der Waals surface area (Å²) >= 11 is 0. The lowest BCUT2D eigenvalue weighted by Crippen LogP contribution is -2.16. The molecule has 0 radical (unpaired) electrons. The molecule has 0 unspecified atom stereocenters. The van der Waals surface area contributed by atoms with E-state index in [1.807, 2.05) is 30.3 Å². The molecule has 4 rings (SSSR count). The summed E-state index contributed by atoms with van der Waals surface area (Å²) in [5, 5.41) is 7.35. The number of benzene rings is 2. The highest BCUT2D eigenvalue weighted by Gasteiger charge is 2.11. The Hall–Kier alpha value is -3.38. The highest BCUT2D eigenvalue weighted by molar-refractivity contribution is 6.05. The van der Waals surface area contributed by atoms with Crippen molar-refractivity contribution in [3.05, 3.63) is 89.3 Å². The predicted molar refractivity (Wildman–Crippen MR) is 112 cm³/mol. The second-order valence-corrected chi connectivity index (χ2v) is 6.96. The smallest absolute Gasteiger partial charge is 0.255 e. The molecule has 2 aromatic heterocycles. The number of carbonyl (C=O) groups excluding carboxylic acids is 1. The Balaban J connectivity index is 1.46. The van der Waals surface area contributed by atoms with Gasteiger partial charge in [-0.3, -0.25) is 4.79 Å². The Labute approximate surface area is 167 Å². The summed E-state index contributed by atoms with van der Waals surface area (Å²) < 4.78 is 18.4. The Kier molecular flexibility index (Phi) is 5.44. The van der Waals surface area contributed by atoms with Gasteiger partial charge >= 0.3 is 0 Å². The highest BCUT2D eigenvalue weighted by Crippen LogP contribution is 2.26. The lowest BCUT2D eigenvalue weighted by Gasteiger charge is -2.07. The maximum Gasteiger partial charge on any atom is 0.255 e. The first kappa shape index (κ1) is 19.0. The topological polar surface area (TPSA) is 70.1 Å². The van der Waals surface area contributed by atoms with Crippen LogP contribution in [0.3, 0.4) is 0 Å². The number of halogens is 1. The summed E-state index contributed by atoms with van der Waals surface area (Å²) in [6, 6.07) is 15.1. The molecule has 148 valence electrons. The molecule has 0 bridgehead atoms. The van der Waals surface area contributed by atoms with Crippen LogP contribution in [0, 0.1) is 12.7 Å². The molecule has 29 heavy (non-hydrogen) atoms. The number of aromatic nitrogens is 1. The predicted octanol–water partition coefficient (Wildman–Crippen LogP) is 4.79. The van der Waals surface area contributed by atoms with E-state index in [1.165, 1.54) is 29.8 Å². The molecule has 6 heteroatoms. The summed E-state index contributed by atoms with van der Waals surface area (Å²) in [6.45, 7) is 3.55. The van der Waals surface area contributed by atoms with Crippen LogP contribution in [0.5, 0.6) is 0 Å². The van der Waals surface area contributed by atoms with Gasteiger partial charge in [-0.2, -0.15) is 0 Å². The minimum atomic E-state index is -0.365. The Bertz CT molecular complexity index is 1120. The van der Waals surface area contributed by atoms with Crippen molar-refractivity contribution in [2.75, 3.05) is 11.9 Å². The summed E-state index contributed by atoms with van der Waals surface area (Å²) in [4.78, 5) is 15.8. The molecule has 0 aliphatic carbocycles. The minimum Gasteiger partial charge on any atom is -0.468 e. The van der Waals surface area contributed by atoms with Crippen LogP contribution < -0.4 is 10.6 Å². The zero-order valence-electron chi connectivity index (χ0n) is 16.1. The van der Waals surface area contributed by atoms with E-state index >= 15 is 0 Å². The number of H-pyrrole nitrogens is 1. The van der Waals surface area contributed by atoms with Crippen LogP contribution in [-0.4, -0.2) is 17.4 Å². The highest BCUT2D eigenvalue weighted by atomic mass is 19.1. The number of hydrogen-bond acceptors (Lipinski definition) is 3. The molecule has 0 saturated heterocycles. The largest absolute Gasteiger partial charge is 0.468 e. The number of anilines is 1. The van der Waals surface area contributed by atoms with Crippen molar-refractivity contribution in [3.8, 4) is 0 Å². The first-order valence-corrected chi connectivity index (χ1v) is 9.51. The summed E-state index contributed by atoms with van der Waals surface area (Å²) in [5.74, 6) is 0.278. The first-order valence-electron chi connectivity index (χ1n) is 9.51. The molecular formula is C23H22FN3O2. The number of carbonyl (C=O) groups is 1. The lowest BCUT2D eigenvalue weighted by atomic mass is 10.1. The van der Waals surface area contributed by atoms with Gasteiger partial charge in [0.25, 0.3) is 5.91 Å². The fourth-order valence-electron chi connectivity index (χ4n) is 3.42. The summed E-state index contributed by atoms with van der Waals surface area (Å²) in [5.41, 5.74) is 4.48. The van der Waals surface area contributed by atoms with Gasteiger partial charge in [-0.05, 0) is 80.1 Å². The van der Waals surface area contributed by atoms with E-state index in [-0.39, 0.29) is 11.7 Å². The molecule has 0 saturated carbocycles. The van der Waals surface area contributed by atoms with Crippen LogP contribution >= 0.6 is 0 Å². The monoisotopic (exact) mass is 391 g/mol. The summed E-state index contributed by atoms with van der Waals surface area (Å²) in [7, 11) is 0. The van der Waals surface area contributed by atoms with Crippen molar-refractivity contribution in [3.63, 3.8) is 0 Å². The van der Waals surface area contributed by atoms with E-state index in [0.29, 0.717) is 17.8 Å². The molecule has 0 aliphatic rings. The van der Waals surface area contributed by atoms with E-state index in [9.17, 15) is 9.18 Å². The molecule has 2 heterocycles. The quantitative estimate of drug-likeness (QED) is 0.397. The SMILES string of the molecule is Cc1[nH]c2ccc(NC(=O)c3ccc(F)cc3)cc2c1CCNCc1ccco1. The van der Waals surface area contributed by atoms with Crippen molar-refractivity contribution in [2.45, 2.75) is 19.9 Å². The number of aromatic amines is 1. The van der Waals surface area contributed by atoms with Crippen LogP contribution in [-0.2, 0) is 13.0 Å². The molecule has 1 amide bonds. The van der Waals surface area contributed by atoms with Gasteiger partial charge in [0.1, 0.15) is 11.6 Å². The molecule has 0 aliphatic heterocycles. The minimum absolute atomic E-state index is 0.265. The van der Waals surface area contributed by atoms with Crippen molar-refractivity contribution in [1.29, 1.82) is 0 Å². The van der Waals surface area contributed by atoms with Gasteiger partial charge in [0, 0.05) is 27.8 Å². The van der Waals surface area contributed by atoms with Gasteiger partial charge in [0.15, 0.2) is 0 Å². The Morgan fingerprint density at radius 3 is 2.72 bits per heavy atom. The van der Waals surface area contributed by atoms with E-state index in [1.54, 1.807) is 6.26 Å². The van der Waals surface area contributed by atoms with E-state index in [0.717, 1.165) is 35.3 Å². The number of hydrogen-bond donors (Lipinski definition) is 3. The number of nitrogens with one attached hydrogen (secondary N) is 3. The molecule has 3 N–H and O–H groups in total. The number of amides is 1. The third kappa shape index (κ3) is 4.38. The van der Waals surface area contributed by atoms with Gasteiger partial charge in [-0.1, -0.05) is 0 Å². The maximum absolute atomic E-state index is 13.1. The standard InChI is InChI=1S/C23H22FN3O2/c1-15-20(10-11-25-14-19-3-2-12-29-19)21-13-18(8-9-22(21)26-15)27-23(28)16-4-6-17(24)7-5-16/h2-9,12-13,25-26H,10-11,14H2,1H3,(H,27,28). The van der Waals surface area contributed by atoms with E-state index < -0.39 is 0 Å². The fraction of sp³-hybridized carbons (Fsp3) is 0.174. The van der Waals surface area contributed by atoms with Gasteiger partial charge in [-0.25, -0.2) is 4.39 Å². The van der Waals surface area contributed by atoms with Crippen molar-refractivity contribution >= 4 is 22.5 Å². The average Bonchev–Trinajstić information content (AvgIpc) is 3.33.